The van der Waals surface area contributed by atoms with Gasteiger partial charge < -0.3 is 9.73 Å². The molecule has 0 spiro atoms. The van der Waals surface area contributed by atoms with E-state index in [1.165, 1.54) is 28.1 Å². The third-order valence-electron chi connectivity index (χ3n) is 4.34. The number of rotatable bonds is 8. The summed E-state index contributed by atoms with van der Waals surface area (Å²) < 4.78 is 6.29. The van der Waals surface area contributed by atoms with Crippen molar-refractivity contribution in [2.75, 3.05) is 17.6 Å². The maximum Gasteiger partial charge on any atom is 0.253 e. The number of thioether (sulfide) groups is 1. The summed E-state index contributed by atoms with van der Waals surface area (Å²) >= 11 is 8.73. The number of nitrogens with zero attached hydrogens (tertiary/aromatic N) is 4. The standard InChI is InChI=1S/C20H18ClN5O2S2/c1-2-9-22-19-23-24-20(30-19)29-12-18(27)26-16(17-4-3-10-28-17)11-15(25-26)13-5-7-14(21)8-6-13/h2-8,10,16H,1,9,11-12H2,(H,22,23)/t16-/m1/s1. The van der Waals surface area contributed by atoms with Gasteiger partial charge in [-0.2, -0.15) is 5.10 Å². The van der Waals surface area contributed by atoms with Crippen LogP contribution in [0.2, 0.25) is 5.02 Å². The van der Waals surface area contributed by atoms with Crippen LogP contribution in [-0.4, -0.2) is 39.1 Å². The van der Waals surface area contributed by atoms with Gasteiger partial charge in [-0.1, -0.05) is 52.9 Å². The van der Waals surface area contributed by atoms with Crippen molar-refractivity contribution in [1.29, 1.82) is 0 Å². The number of carbonyl (C=O) groups is 1. The zero-order chi connectivity index (χ0) is 20.9. The smallest absolute Gasteiger partial charge is 0.253 e. The van der Waals surface area contributed by atoms with Crippen LogP contribution in [0.4, 0.5) is 5.13 Å². The van der Waals surface area contributed by atoms with Gasteiger partial charge >= 0.3 is 0 Å². The highest BCUT2D eigenvalue weighted by atomic mass is 35.5. The monoisotopic (exact) mass is 459 g/mol. The fraction of sp³-hybridized carbons (Fsp3) is 0.200. The van der Waals surface area contributed by atoms with Crippen LogP contribution >= 0.6 is 34.7 Å². The molecule has 1 aromatic carbocycles. The molecule has 0 radical (unpaired) electrons. The Labute approximate surface area is 186 Å². The quantitative estimate of drug-likeness (QED) is 0.383. The van der Waals surface area contributed by atoms with E-state index in [-0.39, 0.29) is 17.7 Å². The maximum absolute atomic E-state index is 13.0. The molecule has 0 saturated carbocycles. The van der Waals surface area contributed by atoms with Crippen LogP contribution in [0.3, 0.4) is 0 Å². The lowest BCUT2D eigenvalue weighted by atomic mass is 10.0. The minimum atomic E-state index is -0.280. The Morgan fingerprint density at radius 2 is 2.20 bits per heavy atom. The fourth-order valence-electron chi connectivity index (χ4n) is 2.95. The molecular weight excluding hydrogens is 442 g/mol. The number of hydrogen-bond donors (Lipinski definition) is 1. The summed E-state index contributed by atoms with van der Waals surface area (Å²) in [5.74, 6) is 0.777. The molecule has 2 aromatic heterocycles. The molecule has 3 aromatic rings. The molecule has 0 saturated heterocycles. The van der Waals surface area contributed by atoms with Gasteiger partial charge in [0.2, 0.25) is 5.13 Å². The largest absolute Gasteiger partial charge is 0.467 e. The van der Waals surface area contributed by atoms with Gasteiger partial charge in [-0.05, 0) is 29.8 Å². The molecule has 1 amide bonds. The van der Waals surface area contributed by atoms with Crippen LogP contribution in [0.15, 0.2) is 69.2 Å². The summed E-state index contributed by atoms with van der Waals surface area (Å²) in [6, 6.07) is 10.8. The third kappa shape index (κ3) is 4.75. The molecule has 0 bridgehead atoms. The van der Waals surface area contributed by atoms with E-state index in [4.69, 9.17) is 16.0 Å². The number of aromatic nitrogens is 2. The molecule has 1 aliphatic heterocycles. The molecule has 1 atom stereocenters. The molecule has 0 aliphatic carbocycles. The van der Waals surface area contributed by atoms with Crippen LogP contribution in [0.25, 0.3) is 0 Å². The fourth-order valence-corrected chi connectivity index (χ4v) is 4.69. The summed E-state index contributed by atoms with van der Waals surface area (Å²) in [7, 11) is 0. The van der Waals surface area contributed by atoms with Crippen molar-refractivity contribution >= 4 is 51.5 Å². The Morgan fingerprint density at radius 1 is 1.37 bits per heavy atom. The van der Waals surface area contributed by atoms with Crippen molar-refractivity contribution in [2.45, 2.75) is 16.8 Å². The maximum atomic E-state index is 13.0. The molecule has 1 N–H and O–H groups in total. The van der Waals surface area contributed by atoms with Crippen LogP contribution in [0.1, 0.15) is 23.8 Å². The lowest BCUT2D eigenvalue weighted by molar-refractivity contribution is -0.130. The second-order valence-corrected chi connectivity index (χ2v) is 9.00. The molecule has 3 heterocycles. The van der Waals surface area contributed by atoms with Crippen LogP contribution in [0, 0.1) is 0 Å². The minimum Gasteiger partial charge on any atom is -0.467 e. The zero-order valence-electron chi connectivity index (χ0n) is 15.8. The second-order valence-electron chi connectivity index (χ2n) is 6.36. The van der Waals surface area contributed by atoms with Crippen molar-refractivity contribution < 1.29 is 9.21 Å². The molecule has 4 rings (SSSR count). The highest BCUT2D eigenvalue weighted by Gasteiger charge is 2.34. The number of anilines is 1. The van der Waals surface area contributed by atoms with E-state index in [0.717, 1.165) is 11.3 Å². The number of halogens is 1. The number of nitrogens with one attached hydrogen (secondary N) is 1. The molecule has 154 valence electrons. The van der Waals surface area contributed by atoms with Gasteiger partial charge in [0.05, 0.1) is 17.7 Å². The number of benzene rings is 1. The summed E-state index contributed by atoms with van der Waals surface area (Å²) in [5, 5.41) is 18.7. The van der Waals surface area contributed by atoms with Gasteiger partial charge in [0.15, 0.2) is 4.34 Å². The highest BCUT2D eigenvalue weighted by Crippen LogP contribution is 2.34. The molecule has 30 heavy (non-hydrogen) atoms. The van der Waals surface area contributed by atoms with Crippen molar-refractivity contribution in [3.05, 3.63) is 71.7 Å². The Hall–Kier alpha value is -2.62. The number of carbonyl (C=O) groups excluding carboxylic acids is 1. The average molecular weight is 460 g/mol. The normalized spacial score (nSPS) is 15.8. The first kappa shape index (κ1) is 20.6. The van der Waals surface area contributed by atoms with Crippen LogP contribution < -0.4 is 5.32 Å². The highest BCUT2D eigenvalue weighted by molar-refractivity contribution is 8.01. The van der Waals surface area contributed by atoms with Gasteiger partial charge in [0.1, 0.15) is 11.8 Å². The number of furan rings is 1. The lowest BCUT2D eigenvalue weighted by Gasteiger charge is -2.19. The summed E-state index contributed by atoms with van der Waals surface area (Å²) in [4.78, 5) is 13.0. The first-order valence-corrected chi connectivity index (χ1v) is 11.3. The van der Waals surface area contributed by atoms with E-state index < -0.39 is 0 Å². The molecule has 1 aliphatic rings. The van der Waals surface area contributed by atoms with E-state index in [1.54, 1.807) is 12.3 Å². The van der Waals surface area contributed by atoms with Gasteiger partial charge in [-0.3, -0.25) is 4.79 Å². The lowest BCUT2D eigenvalue weighted by Crippen LogP contribution is -2.28. The summed E-state index contributed by atoms with van der Waals surface area (Å²) in [5.41, 5.74) is 1.75. The van der Waals surface area contributed by atoms with E-state index in [1.807, 2.05) is 36.4 Å². The molecule has 0 unspecified atom stereocenters. The molecule has 7 nitrogen and oxygen atoms in total. The minimum absolute atomic E-state index is 0.124. The van der Waals surface area contributed by atoms with Crippen molar-refractivity contribution in [3.8, 4) is 0 Å². The van der Waals surface area contributed by atoms with Crippen molar-refractivity contribution in [2.24, 2.45) is 5.10 Å². The molecule has 10 heteroatoms. The van der Waals surface area contributed by atoms with Gasteiger partial charge in [0, 0.05) is 18.0 Å². The van der Waals surface area contributed by atoms with Crippen LogP contribution in [0.5, 0.6) is 0 Å². The number of hydrazone groups is 1. The number of hydrogen-bond acceptors (Lipinski definition) is 8. The molecular formula is C20H18ClN5O2S2. The first-order valence-electron chi connectivity index (χ1n) is 9.14. The van der Waals surface area contributed by atoms with Crippen molar-refractivity contribution in [1.82, 2.24) is 15.2 Å². The van der Waals surface area contributed by atoms with Gasteiger partial charge in [-0.25, -0.2) is 5.01 Å². The first-order chi connectivity index (χ1) is 14.6. The third-order valence-corrected chi connectivity index (χ3v) is 6.59. The summed E-state index contributed by atoms with van der Waals surface area (Å²) in [6.45, 7) is 4.27. The van der Waals surface area contributed by atoms with E-state index in [2.05, 4.69) is 27.2 Å². The Bertz CT molecular complexity index is 1050. The molecule has 0 fully saturated rings. The zero-order valence-corrected chi connectivity index (χ0v) is 18.2. The van der Waals surface area contributed by atoms with E-state index in [0.29, 0.717) is 33.2 Å². The van der Waals surface area contributed by atoms with E-state index >= 15 is 0 Å². The van der Waals surface area contributed by atoms with Crippen molar-refractivity contribution in [3.63, 3.8) is 0 Å². The Balaban J connectivity index is 1.48. The predicted molar refractivity (Wildman–Crippen MR) is 120 cm³/mol. The average Bonchev–Trinajstić information content (AvgIpc) is 3.51. The van der Waals surface area contributed by atoms with E-state index in [9.17, 15) is 4.79 Å². The Kier molecular flexibility index (Phi) is 6.51. The second kappa shape index (κ2) is 9.46. The van der Waals surface area contributed by atoms with Crippen LogP contribution in [-0.2, 0) is 4.79 Å². The topological polar surface area (TPSA) is 83.6 Å². The predicted octanol–water partition coefficient (Wildman–Crippen LogP) is 4.85. The SMILES string of the molecule is C=CCNc1nnc(SCC(=O)N2N=C(c3ccc(Cl)cc3)C[C@@H]2c2ccco2)s1. The number of amides is 1. The summed E-state index contributed by atoms with van der Waals surface area (Å²) in [6.07, 6.45) is 3.92. The van der Waals surface area contributed by atoms with Gasteiger partial charge in [-0.15, -0.1) is 16.8 Å². The van der Waals surface area contributed by atoms with Gasteiger partial charge in [0.25, 0.3) is 5.91 Å². The Morgan fingerprint density at radius 3 is 2.93 bits per heavy atom.